The molecule has 0 aliphatic carbocycles. The van der Waals surface area contributed by atoms with Crippen molar-refractivity contribution in [2.75, 3.05) is 38.3 Å². The van der Waals surface area contributed by atoms with Gasteiger partial charge in [0.2, 0.25) is 5.95 Å². The first kappa shape index (κ1) is 19.0. The van der Waals surface area contributed by atoms with E-state index in [2.05, 4.69) is 26.6 Å². The predicted octanol–water partition coefficient (Wildman–Crippen LogP) is 2.87. The summed E-state index contributed by atoms with van der Waals surface area (Å²) in [6.07, 6.45) is 0. The second-order valence-corrected chi connectivity index (χ2v) is 7.07. The largest absolute Gasteiger partial charge is 0.465 e. The Kier molecular flexibility index (Phi) is 6.39. The summed E-state index contributed by atoms with van der Waals surface area (Å²) in [5.41, 5.74) is 1.38. The minimum atomic E-state index is -0.435. The van der Waals surface area contributed by atoms with Gasteiger partial charge < -0.3 is 14.4 Å². The molecule has 0 amide bonds. The Morgan fingerprint density at radius 1 is 1.35 bits per heavy atom. The summed E-state index contributed by atoms with van der Waals surface area (Å²) in [5, 5.41) is 9.96. The lowest BCUT2D eigenvalue weighted by molar-refractivity contribution is 0.0601. The number of thioether (sulfide) groups is 1. The first-order valence-corrected chi connectivity index (χ1v) is 9.75. The average Bonchev–Trinajstić information content (AvgIpc) is 3.09. The molecule has 26 heavy (non-hydrogen) atoms. The van der Waals surface area contributed by atoms with E-state index in [1.807, 2.05) is 6.07 Å². The molecule has 7 nitrogen and oxygen atoms in total. The van der Waals surface area contributed by atoms with Gasteiger partial charge in [0.05, 0.1) is 30.9 Å². The lowest BCUT2D eigenvalue weighted by Gasteiger charge is -2.27. The predicted molar refractivity (Wildman–Crippen MR) is 101 cm³/mol. The van der Waals surface area contributed by atoms with Crippen LogP contribution in [-0.4, -0.2) is 54.1 Å². The number of hydrogen-bond donors (Lipinski definition) is 0. The summed E-state index contributed by atoms with van der Waals surface area (Å²) in [5.74, 6) is 1.13. The second kappa shape index (κ2) is 8.75. The van der Waals surface area contributed by atoms with Crippen molar-refractivity contribution in [3.63, 3.8) is 0 Å². The molecule has 0 radical (unpaired) electrons. The van der Waals surface area contributed by atoms with E-state index >= 15 is 0 Å². The quantitative estimate of drug-likeness (QED) is 0.549. The molecule has 1 aliphatic rings. The number of ether oxygens (including phenoxy) is 2. The first-order valence-electron chi connectivity index (χ1n) is 8.39. The highest BCUT2D eigenvalue weighted by molar-refractivity contribution is 7.98. The number of hydrogen-bond acceptors (Lipinski definition) is 7. The highest BCUT2D eigenvalue weighted by atomic mass is 35.5. The lowest BCUT2D eigenvalue weighted by Crippen LogP contribution is -2.38. The van der Waals surface area contributed by atoms with Gasteiger partial charge in [-0.2, -0.15) is 0 Å². The molecule has 0 saturated carbocycles. The maximum atomic E-state index is 11.6. The summed E-state index contributed by atoms with van der Waals surface area (Å²) in [6, 6.07) is 5.35. The van der Waals surface area contributed by atoms with Gasteiger partial charge in [-0.25, -0.2) is 4.79 Å². The molecular formula is C17H21ClN4O3S. The van der Waals surface area contributed by atoms with Crippen molar-refractivity contribution in [2.45, 2.75) is 24.4 Å². The molecule has 0 spiro atoms. The number of nitrogens with zero attached hydrogens (tertiary/aromatic N) is 4. The number of rotatable bonds is 6. The van der Waals surface area contributed by atoms with Crippen LogP contribution >= 0.6 is 23.4 Å². The number of methoxy groups -OCH3 is 1. The van der Waals surface area contributed by atoms with Gasteiger partial charge >= 0.3 is 5.97 Å². The van der Waals surface area contributed by atoms with Crippen LogP contribution in [0.15, 0.2) is 23.4 Å². The van der Waals surface area contributed by atoms with Crippen LogP contribution in [0.25, 0.3) is 0 Å². The molecule has 2 aromatic rings. The molecule has 1 saturated heterocycles. The Balaban J connectivity index is 1.71. The third kappa shape index (κ3) is 4.13. The molecule has 1 aromatic heterocycles. The van der Waals surface area contributed by atoms with Gasteiger partial charge in [-0.15, -0.1) is 10.2 Å². The average molecular weight is 397 g/mol. The number of benzene rings is 1. The maximum Gasteiger partial charge on any atom is 0.339 e. The summed E-state index contributed by atoms with van der Waals surface area (Å²) in [6.45, 7) is 5.96. The van der Waals surface area contributed by atoms with E-state index in [1.54, 1.807) is 23.9 Å². The molecule has 0 bridgehead atoms. The molecule has 0 unspecified atom stereocenters. The van der Waals surface area contributed by atoms with Crippen LogP contribution < -0.4 is 4.90 Å². The van der Waals surface area contributed by atoms with Gasteiger partial charge in [0.1, 0.15) is 0 Å². The molecule has 9 heteroatoms. The number of carbonyl (C=O) groups excluding carboxylic acids is 1. The van der Waals surface area contributed by atoms with E-state index < -0.39 is 5.97 Å². The van der Waals surface area contributed by atoms with E-state index in [0.717, 1.165) is 36.3 Å². The molecule has 2 heterocycles. The van der Waals surface area contributed by atoms with Gasteiger partial charge in [-0.3, -0.25) is 4.57 Å². The third-order valence-electron chi connectivity index (χ3n) is 4.11. The molecular weight excluding hydrogens is 376 g/mol. The second-order valence-electron chi connectivity index (χ2n) is 5.72. The van der Waals surface area contributed by atoms with Crippen molar-refractivity contribution in [1.29, 1.82) is 0 Å². The van der Waals surface area contributed by atoms with E-state index in [4.69, 9.17) is 21.1 Å². The fourth-order valence-corrected chi connectivity index (χ4v) is 3.95. The van der Waals surface area contributed by atoms with Gasteiger partial charge in [0.15, 0.2) is 5.16 Å². The van der Waals surface area contributed by atoms with E-state index in [-0.39, 0.29) is 0 Å². The number of esters is 1. The van der Waals surface area contributed by atoms with Gasteiger partial charge in [-0.05, 0) is 24.6 Å². The Labute approximate surface area is 161 Å². The lowest BCUT2D eigenvalue weighted by atomic mass is 10.1. The molecule has 3 rings (SSSR count). The highest BCUT2D eigenvalue weighted by Crippen LogP contribution is 2.27. The topological polar surface area (TPSA) is 69.5 Å². The zero-order chi connectivity index (χ0) is 18.5. The van der Waals surface area contributed by atoms with E-state index in [1.165, 1.54) is 7.11 Å². The summed E-state index contributed by atoms with van der Waals surface area (Å²) in [7, 11) is 1.34. The number of anilines is 1. The van der Waals surface area contributed by atoms with Crippen LogP contribution in [0, 0.1) is 0 Å². The number of morpholine rings is 1. The van der Waals surface area contributed by atoms with Crippen LogP contribution in [0.3, 0.4) is 0 Å². The van der Waals surface area contributed by atoms with E-state index in [9.17, 15) is 4.79 Å². The fourth-order valence-electron chi connectivity index (χ4n) is 2.73. The van der Waals surface area contributed by atoms with Crippen molar-refractivity contribution in [3.05, 3.63) is 34.3 Å². The van der Waals surface area contributed by atoms with Crippen LogP contribution in [0.1, 0.15) is 22.8 Å². The number of aromatic nitrogens is 3. The molecule has 0 N–H and O–H groups in total. The standard InChI is InChI=1S/C17H21ClN4O3S/c1-3-22-16(21-6-8-25-9-7-21)19-20-17(22)26-11-12-4-5-13(14(18)10-12)15(23)24-2/h4-5,10H,3,6-9,11H2,1-2H3. The van der Waals surface area contributed by atoms with Gasteiger partial charge in [-0.1, -0.05) is 29.4 Å². The highest BCUT2D eigenvalue weighted by Gasteiger charge is 2.20. The zero-order valence-corrected chi connectivity index (χ0v) is 16.3. The van der Waals surface area contributed by atoms with Gasteiger partial charge in [0, 0.05) is 25.4 Å². The van der Waals surface area contributed by atoms with Crippen LogP contribution in [0.4, 0.5) is 5.95 Å². The monoisotopic (exact) mass is 396 g/mol. The summed E-state index contributed by atoms with van der Waals surface area (Å²) in [4.78, 5) is 13.8. The third-order valence-corrected chi connectivity index (χ3v) is 5.46. The Morgan fingerprint density at radius 3 is 2.77 bits per heavy atom. The fraction of sp³-hybridized carbons (Fsp3) is 0.471. The van der Waals surface area contributed by atoms with Crippen molar-refractivity contribution >= 4 is 35.3 Å². The van der Waals surface area contributed by atoms with E-state index in [0.29, 0.717) is 29.6 Å². The Bertz CT molecular complexity index is 777. The first-order chi connectivity index (χ1) is 12.6. The number of carbonyl (C=O) groups is 1. The molecule has 140 valence electrons. The normalized spacial score (nSPS) is 14.5. The molecule has 1 fully saturated rings. The molecule has 1 aromatic carbocycles. The minimum absolute atomic E-state index is 0.370. The van der Waals surface area contributed by atoms with Crippen molar-refractivity contribution in [2.24, 2.45) is 0 Å². The maximum absolute atomic E-state index is 11.6. The van der Waals surface area contributed by atoms with Crippen molar-refractivity contribution < 1.29 is 14.3 Å². The Morgan fingerprint density at radius 2 is 2.12 bits per heavy atom. The zero-order valence-electron chi connectivity index (χ0n) is 14.8. The van der Waals surface area contributed by atoms with Crippen LogP contribution in [-0.2, 0) is 21.8 Å². The summed E-state index contributed by atoms with van der Waals surface area (Å²) < 4.78 is 12.2. The molecule has 1 aliphatic heterocycles. The molecule has 0 atom stereocenters. The number of halogens is 1. The van der Waals surface area contributed by atoms with Crippen molar-refractivity contribution in [3.8, 4) is 0 Å². The van der Waals surface area contributed by atoms with Gasteiger partial charge in [0.25, 0.3) is 0 Å². The summed E-state index contributed by atoms with van der Waals surface area (Å²) >= 11 is 7.78. The minimum Gasteiger partial charge on any atom is -0.465 e. The van der Waals surface area contributed by atoms with Crippen LogP contribution in [0.2, 0.25) is 5.02 Å². The Hall–Kier alpha value is -1.77. The SMILES string of the molecule is CCn1c(SCc2ccc(C(=O)OC)c(Cl)c2)nnc1N1CCOCC1. The van der Waals surface area contributed by atoms with Crippen molar-refractivity contribution in [1.82, 2.24) is 14.8 Å². The van der Waals surface area contributed by atoms with Crippen LogP contribution in [0.5, 0.6) is 0 Å². The smallest absolute Gasteiger partial charge is 0.339 e.